The average Bonchev–Trinajstić information content (AvgIpc) is 3.14. The van der Waals surface area contributed by atoms with Crippen LogP contribution in [0.3, 0.4) is 0 Å². The summed E-state index contributed by atoms with van der Waals surface area (Å²) in [6.07, 6.45) is 12.8. The van der Waals surface area contributed by atoms with E-state index in [1.54, 1.807) is 0 Å². The van der Waals surface area contributed by atoms with E-state index in [0.717, 1.165) is 74.5 Å². The molecule has 1 unspecified atom stereocenters. The van der Waals surface area contributed by atoms with Crippen molar-refractivity contribution < 1.29 is 0 Å². The lowest BCUT2D eigenvalue weighted by Crippen LogP contribution is -2.33. The molecule has 1 aliphatic rings. The molecule has 0 bridgehead atoms. The molecule has 0 radical (unpaired) electrons. The van der Waals surface area contributed by atoms with Crippen molar-refractivity contribution in [2.75, 3.05) is 13.1 Å². The van der Waals surface area contributed by atoms with E-state index in [1.165, 1.54) is 17.7 Å². The number of imidazole rings is 1. The second-order valence-electron chi connectivity index (χ2n) is 7.96. The predicted molar refractivity (Wildman–Crippen MR) is 121 cm³/mol. The lowest BCUT2D eigenvalue weighted by molar-refractivity contribution is 0.159. The molecule has 2 aromatic heterocycles. The number of rotatable bonds is 10. The largest absolute Gasteiger partial charge is 0.341 e. The number of hydrogen-bond acceptors (Lipinski definition) is 4. The molecular formula is C24H35N5. The van der Waals surface area contributed by atoms with E-state index < -0.39 is 0 Å². The van der Waals surface area contributed by atoms with Gasteiger partial charge in [-0.2, -0.15) is 0 Å². The van der Waals surface area contributed by atoms with Crippen molar-refractivity contribution in [1.82, 2.24) is 19.9 Å². The van der Waals surface area contributed by atoms with Crippen molar-refractivity contribution >= 4 is 11.6 Å². The fourth-order valence-corrected chi connectivity index (χ4v) is 4.12. The number of nitrogens with zero attached hydrogens (tertiary/aromatic N) is 3. The number of H-pyrrole nitrogens is 1. The van der Waals surface area contributed by atoms with Crippen molar-refractivity contribution in [3.05, 3.63) is 59.5 Å². The maximum absolute atomic E-state index is 5.76. The second-order valence-corrected chi connectivity index (χ2v) is 7.96. The number of nitrogens with one attached hydrogen (secondary N) is 1. The normalized spacial score (nSPS) is 16.5. The van der Waals surface area contributed by atoms with Crippen LogP contribution in [0.5, 0.6) is 0 Å². The van der Waals surface area contributed by atoms with Crippen molar-refractivity contribution in [2.24, 2.45) is 5.73 Å². The summed E-state index contributed by atoms with van der Waals surface area (Å²) in [6, 6.07) is 4.62. The van der Waals surface area contributed by atoms with E-state index in [4.69, 9.17) is 15.7 Å². The third kappa shape index (κ3) is 5.43. The summed E-state index contributed by atoms with van der Waals surface area (Å²) in [6.45, 7) is 10.8. The first-order chi connectivity index (χ1) is 14.1. The van der Waals surface area contributed by atoms with Crippen molar-refractivity contribution in [2.45, 2.75) is 65.0 Å². The number of aromatic nitrogens is 3. The minimum Gasteiger partial charge on any atom is -0.341 e. The molecule has 0 fully saturated rings. The topological polar surface area (TPSA) is 70.8 Å². The van der Waals surface area contributed by atoms with Gasteiger partial charge in [0, 0.05) is 6.20 Å². The third-order valence-corrected chi connectivity index (χ3v) is 5.58. The summed E-state index contributed by atoms with van der Waals surface area (Å²) in [5.74, 6) is 0.995. The Labute approximate surface area is 175 Å². The van der Waals surface area contributed by atoms with E-state index in [2.05, 4.69) is 47.7 Å². The van der Waals surface area contributed by atoms with Crippen LogP contribution in [0.25, 0.3) is 11.6 Å². The molecule has 1 atom stereocenters. The summed E-state index contributed by atoms with van der Waals surface area (Å²) in [5, 5.41) is 0. The molecule has 0 saturated carbocycles. The molecular weight excluding hydrogens is 358 g/mol. The van der Waals surface area contributed by atoms with Gasteiger partial charge in [-0.25, -0.2) is 4.98 Å². The van der Waals surface area contributed by atoms with Crippen molar-refractivity contribution in [3.8, 4) is 0 Å². The Hall–Kier alpha value is -2.24. The fourth-order valence-electron chi connectivity index (χ4n) is 4.12. The van der Waals surface area contributed by atoms with E-state index in [-0.39, 0.29) is 0 Å². The van der Waals surface area contributed by atoms with Gasteiger partial charge in [0.05, 0.1) is 29.7 Å². The van der Waals surface area contributed by atoms with Gasteiger partial charge < -0.3 is 10.7 Å². The number of nitrogens with two attached hydrogens (primary N) is 1. The summed E-state index contributed by atoms with van der Waals surface area (Å²) in [5.41, 5.74) is 11.4. The Morgan fingerprint density at radius 2 is 2.28 bits per heavy atom. The first-order valence-electron chi connectivity index (χ1n) is 10.9. The first-order valence-corrected chi connectivity index (χ1v) is 10.9. The molecule has 29 heavy (non-hydrogen) atoms. The van der Waals surface area contributed by atoms with E-state index >= 15 is 0 Å². The molecule has 0 spiro atoms. The predicted octanol–water partition coefficient (Wildman–Crippen LogP) is 4.88. The number of pyridine rings is 1. The summed E-state index contributed by atoms with van der Waals surface area (Å²) in [4.78, 5) is 15.7. The highest BCUT2D eigenvalue weighted by atomic mass is 15.2. The molecule has 0 amide bonds. The van der Waals surface area contributed by atoms with Crippen LogP contribution in [-0.4, -0.2) is 32.9 Å². The molecule has 3 rings (SSSR count). The number of unbranched alkanes of at least 4 members (excludes halogenated alkanes) is 1. The molecule has 2 aromatic rings. The number of aromatic amines is 1. The van der Waals surface area contributed by atoms with Gasteiger partial charge in [0.1, 0.15) is 5.82 Å². The van der Waals surface area contributed by atoms with Crippen molar-refractivity contribution in [1.29, 1.82) is 0 Å². The monoisotopic (exact) mass is 393 g/mol. The van der Waals surface area contributed by atoms with Gasteiger partial charge in [-0.1, -0.05) is 25.6 Å². The zero-order valence-electron chi connectivity index (χ0n) is 18.0. The number of fused-ring (bicyclic) bond motifs is 1. The number of aryl methyl sites for hydroxylation is 1. The van der Waals surface area contributed by atoms with Gasteiger partial charge in [-0.15, -0.1) is 0 Å². The van der Waals surface area contributed by atoms with E-state index in [9.17, 15) is 0 Å². The fraction of sp³-hybridized carbons (Fsp3) is 0.500. The molecule has 0 aromatic carbocycles. The summed E-state index contributed by atoms with van der Waals surface area (Å²) in [7, 11) is 0. The van der Waals surface area contributed by atoms with Gasteiger partial charge in [0.15, 0.2) is 0 Å². The zero-order chi connectivity index (χ0) is 20.6. The molecule has 0 aliphatic heterocycles. The maximum Gasteiger partial charge on any atom is 0.121 e. The standard InChI is InChI=1S/C24H35N5/c1-4-5-12-20-23(18(2)3)28-22(27-20)17-29(16-7-6-14-25)21-13-8-10-19-11-9-15-26-24(19)21/h5,9,11-12,15,21H,2,4,6-8,10,13-14,16-17,25H2,1,3H3,(H,27,28)/b12-5-. The van der Waals surface area contributed by atoms with Gasteiger partial charge in [-0.05, 0) is 81.8 Å². The van der Waals surface area contributed by atoms with Crippen LogP contribution >= 0.6 is 0 Å². The highest BCUT2D eigenvalue weighted by Gasteiger charge is 2.27. The number of allylic oxidation sites excluding steroid dienone is 2. The van der Waals surface area contributed by atoms with Crippen LogP contribution in [0.1, 0.15) is 80.5 Å². The SMILES string of the molecule is C=C(C)c1[nH]c(CN(CCCCN)C2CCCc3cccnc32)nc1/C=C\CC. The molecule has 3 N–H and O–H groups in total. The Morgan fingerprint density at radius 1 is 1.41 bits per heavy atom. The maximum atomic E-state index is 5.76. The average molecular weight is 394 g/mol. The summed E-state index contributed by atoms with van der Waals surface area (Å²) < 4.78 is 0. The first kappa shape index (κ1) is 21.5. The third-order valence-electron chi connectivity index (χ3n) is 5.58. The minimum atomic E-state index is 0.339. The Bertz CT molecular complexity index is 836. The highest BCUT2D eigenvalue weighted by molar-refractivity contribution is 5.67. The molecule has 156 valence electrons. The zero-order valence-corrected chi connectivity index (χ0v) is 18.0. The smallest absolute Gasteiger partial charge is 0.121 e. The molecule has 0 saturated heterocycles. The molecule has 2 heterocycles. The van der Waals surface area contributed by atoms with Gasteiger partial charge in [-0.3, -0.25) is 9.88 Å². The minimum absolute atomic E-state index is 0.339. The molecule has 5 nitrogen and oxygen atoms in total. The van der Waals surface area contributed by atoms with Crippen LogP contribution < -0.4 is 5.73 Å². The van der Waals surface area contributed by atoms with Crippen LogP contribution in [0.2, 0.25) is 0 Å². The lowest BCUT2D eigenvalue weighted by Gasteiger charge is -2.34. The lowest BCUT2D eigenvalue weighted by atomic mass is 9.90. The van der Waals surface area contributed by atoms with E-state index in [1.807, 2.05) is 13.1 Å². The van der Waals surface area contributed by atoms with Crippen LogP contribution in [0.4, 0.5) is 0 Å². The van der Waals surface area contributed by atoms with E-state index in [0.29, 0.717) is 6.04 Å². The molecule has 5 heteroatoms. The number of hydrogen-bond donors (Lipinski definition) is 2. The van der Waals surface area contributed by atoms with Gasteiger partial charge >= 0.3 is 0 Å². The highest BCUT2D eigenvalue weighted by Crippen LogP contribution is 2.34. The van der Waals surface area contributed by atoms with Crippen molar-refractivity contribution in [3.63, 3.8) is 0 Å². The Kier molecular flexibility index (Phi) is 7.78. The molecule has 1 aliphatic carbocycles. The summed E-state index contributed by atoms with van der Waals surface area (Å²) >= 11 is 0. The Balaban J connectivity index is 1.87. The van der Waals surface area contributed by atoms with Crippen LogP contribution in [-0.2, 0) is 13.0 Å². The van der Waals surface area contributed by atoms with Gasteiger partial charge in [0.25, 0.3) is 0 Å². The Morgan fingerprint density at radius 3 is 3.03 bits per heavy atom. The second kappa shape index (κ2) is 10.5. The van der Waals surface area contributed by atoms with Gasteiger partial charge in [0.2, 0.25) is 0 Å². The van der Waals surface area contributed by atoms with Crippen LogP contribution in [0, 0.1) is 0 Å². The van der Waals surface area contributed by atoms with Crippen LogP contribution in [0.15, 0.2) is 31.0 Å². The quantitative estimate of drug-likeness (QED) is 0.564.